The van der Waals surface area contributed by atoms with Crippen LogP contribution in [0, 0.1) is 13.8 Å². The maximum absolute atomic E-state index is 12.9. The Hall–Kier alpha value is -2.54. The van der Waals surface area contributed by atoms with Crippen molar-refractivity contribution >= 4 is 21.6 Å². The molecule has 7 heteroatoms. The molecule has 158 valence electrons. The van der Waals surface area contributed by atoms with E-state index in [0.717, 1.165) is 23.1 Å². The molecular formula is C22H30N2O4S. The zero-order chi connectivity index (χ0) is 21.6. The van der Waals surface area contributed by atoms with Crippen LogP contribution in [0.3, 0.4) is 0 Å². The monoisotopic (exact) mass is 418 g/mol. The first-order valence-corrected chi connectivity index (χ1v) is 11.5. The number of anilines is 1. The highest BCUT2D eigenvalue weighted by atomic mass is 32.2. The molecule has 2 aromatic rings. The number of carbonyl (C=O) groups is 1. The number of rotatable bonds is 9. The summed E-state index contributed by atoms with van der Waals surface area (Å²) in [5.74, 6) is 0.415. The van der Waals surface area contributed by atoms with Crippen LogP contribution >= 0.6 is 0 Å². The molecule has 0 spiro atoms. The van der Waals surface area contributed by atoms with E-state index in [1.807, 2.05) is 51.1 Å². The Morgan fingerprint density at radius 1 is 1.14 bits per heavy atom. The van der Waals surface area contributed by atoms with Gasteiger partial charge in [-0.1, -0.05) is 37.3 Å². The fourth-order valence-electron chi connectivity index (χ4n) is 3.14. The Morgan fingerprint density at radius 2 is 1.83 bits per heavy atom. The van der Waals surface area contributed by atoms with Crippen molar-refractivity contribution in [3.8, 4) is 5.75 Å². The van der Waals surface area contributed by atoms with Gasteiger partial charge in [0.25, 0.3) is 0 Å². The predicted octanol–water partition coefficient (Wildman–Crippen LogP) is 3.43. The molecule has 1 amide bonds. The van der Waals surface area contributed by atoms with Gasteiger partial charge in [0.1, 0.15) is 18.4 Å². The average molecular weight is 419 g/mol. The molecular weight excluding hydrogens is 388 g/mol. The van der Waals surface area contributed by atoms with Gasteiger partial charge in [-0.15, -0.1) is 0 Å². The molecule has 6 nitrogen and oxygen atoms in total. The second kappa shape index (κ2) is 9.78. The number of hydrogen-bond donors (Lipinski definition) is 1. The fourth-order valence-corrected chi connectivity index (χ4v) is 4.34. The number of amides is 1. The number of sulfonamides is 1. The third-order valence-corrected chi connectivity index (χ3v) is 5.74. The summed E-state index contributed by atoms with van der Waals surface area (Å²) in [7, 11) is -3.65. The summed E-state index contributed by atoms with van der Waals surface area (Å²) in [4.78, 5) is 12.9. The van der Waals surface area contributed by atoms with Crippen molar-refractivity contribution in [3.63, 3.8) is 0 Å². The molecule has 1 N–H and O–H groups in total. The van der Waals surface area contributed by atoms with E-state index in [1.165, 1.54) is 4.31 Å². The molecule has 0 radical (unpaired) electrons. The predicted molar refractivity (Wildman–Crippen MR) is 117 cm³/mol. The van der Waals surface area contributed by atoms with Crippen LogP contribution in [0.4, 0.5) is 5.69 Å². The minimum Gasteiger partial charge on any atom is -0.491 e. The van der Waals surface area contributed by atoms with Crippen LogP contribution in [0.5, 0.6) is 5.75 Å². The molecule has 0 fully saturated rings. The van der Waals surface area contributed by atoms with Gasteiger partial charge in [0.15, 0.2) is 0 Å². The van der Waals surface area contributed by atoms with Gasteiger partial charge >= 0.3 is 0 Å². The molecule has 0 saturated carbocycles. The third kappa shape index (κ3) is 6.22. The van der Waals surface area contributed by atoms with Crippen LogP contribution < -0.4 is 14.4 Å². The Balaban J connectivity index is 2.13. The highest BCUT2D eigenvalue weighted by Crippen LogP contribution is 2.23. The number of benzene rings is 2. The second-order valence-corrected chi connectivity index (χ2v) is 9.17. The Labute approximate surface area is 173 Å². The highest BCUT2D eigenvalue weighted by Gasteiger charge is 2.32. The third-order valence-electron chi connectivity index (χ3n) is 4.56. The first kappa shape index (κ1) is 22.7. The van der Waals surface area contributed by atoms with E-state index >= 15 is 0 Å². The zero-order valence-corrected chi connectivity index (χ0v) is 18.5. The summed E-state index contributed by atoms with van der Waals surface area (Å²) in [5, 5.41) is 2.89. The summed E-state index contributed by atoms with van der Waals surface area (Å²) in [6, 6.07) is 13.7. The minimum absolute atomic E-state index is 0.282. The lowest BCUT2D eigenvalue weighted by molar-refractivity contribution is -0.123. The lowest BCUT2D eigenvalue weighted by Gasteiger charge is -2.31. The van der Waals surface area contributed by atoms with Crippen LogP contribution in [0.15, 0.2) is 48.5 Å². The van der Waals surface area contributed by atoms with E-state index in [1.54, 1.807) is 25.1 Å². The normalized spacial score (nSPS) is 13.4. The Bertz CT molecular complexity index is 943. The zero-order valence-electron chi connectivity index (χ0n) is 17.7. The molecule has 0 bridgehead atoms. The van der Waals surface area contributed by atoms with Crippen LogP contribution in [-0.2, 0) is 14.8 Å². The number of ether oxygens (including phenoxy) is 1. The van der Waals surface area contributed by atoms with Crippen LogP contribution in [0.25, 0.3) is 0 Å². The lowest BCUT2D eigenvalue weighted by Crippen LogP contribution is -2.52. The van der Waals surface area contributed by atoms with E-state index < -0.39 is 16.1 Å². The number of aryl methyl sites for hydroxylation is 2. The van der Waals surface area contributed by atoms with Gasteiger partial charge < -0.3 is 10.1 Å². The average Bonchev–Trinajstić information content (AvgIpc) is 2.64. The molecule has 0 aromatic heterocycles. The van der Waals surface area contributed by atoms with Crippen LogP contribution in [0.2, 0.25) is 0 Å². The maximum Gasteiger partial charge on any atom is 0.244 e. The molecule has 29 heavy (non-hydrogen) atoms. The standard InChI is InChI=1S/C22H30N2O4S/c1-6-20(24(29(5,26)27)19-12-9-10-16(2)14-19)22(25)23-18(4)15-28-21-13-8-7-11-17(21)3/h7-14,18,20H,6,15H2,1-5H3,(H,23,25)/t18-,20-/m0/s1. The topological polar surface area (TPSA) is 75.7 Å². The van der Waals surface area contributed by atoms with Crippen molar-refractivity contribution in [3.05, 3.63) is 59.7 Å². The summed E-state index contributed by atoms with van der Waals surface area (Å²) in [5.41, 5.74) is 2.42. The van der Waals surface area contributed by atoms with Crippen molar-refractivity contribution in [2.45, 2.75) is 46.2 Å². The van der Waals surface area contributed by atoms with Crippen molar-refractivity contribution in [1.29, 1.82) is 0 Å². The molecule has 0 aliphatic rings. The van der Waals surface area contributed by atoms with Crippen LogP contribution in [0.1, 0.15) is 31.4 Å². The first-order valence-electron chi connectivity index (χ1n) is 9.68. The van der Waals surface area contributed by atoms with E-state index in [9.17, 15) is 13.2 Å². The Kier molecular flexibility index (Phi) is 7.67. The molecule has 0 heterocycles. The maximum atomic E-state index is 12.9. The molecule has 2 rings (SSSR count). The number of hydrogen-bond acceptors (Lipinski definition) is 4. The largest absolute Gasteiger partial charge is 0.491 e. The quantitative estimate of drug-likeness (QED) is 0.677. The van der Waals surface area contributed by atoms with Gasteiger partial charge in [-0.2, -0.15) is 0 Å². The van der Waals surface area contributed by atoms with E-state index in [0.29, 0.717) is 12.1 Å². The second-order valence-electron chi connectivity index (χ2n) is 7.31. The van der Waals surface area contributed by atoms with E-state index in [4.69, 9.17) is 4.74 Å². The van der Waals surface area contributed by atoms with Gasteiger partial charge in [0.2, 0.25) is 15.9 Å². The first-order chi connectivity index (χ1) is 13.6. The van der Waals surface area contributed by atoms with Crippen molar-refractivity contribution in [2.24, 2.45) is 0 Å². The minimum atomic E-state index is -3.65. The summed E-state index contributed by atoms with van der Waals surface area (Å²) in [6.07, 6.45) is 1.47. The number of nitrogens with one attached hydrogen (secondary N) is 1. The summed E-state index contributed by atoms with van der Waals surface area (Å²) in [6.45, 7) is 7.76. The van der Waals surface area contributed by atoms with Gasteiger partial charge in [-0.25, -0.2) is 8.42 Å². The van der Waals surface area contributed by atoms with Crippen molar-refractivity contribution in [2.75, 3.05) is 17.2 Å². The number of nitrogens with zero attached hydrogens (tertiary/aromatic N) is 1. The van der Waals surface area contributed by atoms with Gasteiger partial charge in [0, 0.05) is 0 Å². The highest BCUT2D eigenvalue weighted by molar-refractivity contribution is 7.92. The molecule has 0 aliphatic carbocycles. The van der Waals surface area contributed by atoms with Crippen molar-refractivity contribution < 1.29 is 17.9 Å². The molecule has 2 atom stereocenters. The SMILES string of the molecule is CC[C@@H](C(=O)N[C@@H](C)COc1ccccc1C)N(c1cccc(C)c1)S(C)(=O)=O. The van der Waals surface area contributed by atoms with E-state index in [2.05, 4.69) is 5.32 Å². The van der Waals surface area contributed by atoms with Crippen LogP contribution in [-0.4, -0.2) is 39.3 Å². The van der Waals surface area contributed by atoms with Gasteiger partial charge in [-0.05, 0) is 56.5 Å². The molecule has 0 unspecified atom stereocenters. The van der Waals surface area contributed by atoms with Crippen molar-refractivity contribution in [1.82, 2.24) is 5.32 Å². The summed E-state index contributed by atoms with van der Waals surface area (Å²) < 4.78 is 32.0. The Morgan fingerprint density at radius 3 is 2.41 bits per heavy atom. The number of carbonyl (C=O) groups excluding carboxylic acids is 1. The molecule has 0 aliphatic heterocycles. The fraction of sp³-hybridized carbons (Fsp3) is 0.409. The molecule has 0 saturated heterocycles. The van der Waals surface area contributed by atoms with E-state index in [-0.39, 0.29) is 18.6 Å². The lowest BCUT2D eigenvalue weighted by atomic mass is 10.1. The van der Waals surface area contributed by atoms with Gasteiger partial charge in [0.05, 0.1) is 18.0 Å². The number of para-hydroxylation sites is 1. The summed E-state index contributed by atoms with van der Waals surface area (Å²) >= 11 is 0. The smallest absolute Gasteiger partial charge is 0.244 e. The molecule has 2 aromatic carbocycles. The van der Waals surface area contributed by atoms with Gasteiger partial charge in [-0.3, -0.25) is 9.10 Å².